The van der Waals surface area contributed by atoms with Gasteiger partial charge in [-0.1, -0.05) is 55.5 Å². The SMILES string of the molecule is CCc1ccccc1Nc1nccc(C(=O)NCc2ccccc2)n1. The number of aromatic nitrogens is 2. The predicted octanol–water partition coefficient (Wildman–Crippen LogP) is 3.71. The van der Waals surface area contributed by atoms with Crippen LogP contribution in [0.5, 0.6) is 0 Å². The number of carbonyl (C=O) groups excluding carboxylic acids is 1. The Kier molecular flexibility index (Phi) is 5.36. The van der Waals surface area contributed by atoms with Gasteiger partial charge in [0.1, 0.15) is 5.69 Å². The Hall–Kier alpha value is -3.21. The Morgan fingerprint density at radius 2 is 1.76 bits per heavy atom. The molecular formula is C20H20N4O. The fourth-order valence-corrected chi connectivity index (χ4v) is 2.49. The maximum Gasteiger partial charge on any atom is 0.270 e. The summed E-state index contributed by atoms with van der Waals surface area (Å²) in [6.07, 6.45) is 2.49. The number of para-hydroxylation sites is 1. The molecule has 3 aromatic rings. The molecule has 5 heteroatoms. The zero-order valence-electron chi connectivity index (χ0n) is 14.1. The van der Waals surface area contributed by atoms with Crippen LogP contribution in [0.25, 0.3) is 0 Å². The van der Waals surface area contributed by atoms with Gasteiger partial charge in [0.25, 0.3) is 5.91 Å². The minimum absolute atomic E-state index is 0.224. The number of nitrogens with zero attached hydrogens (tertiary/aromatic N) is 2. The number of hydrogen-bond acceptors (Lipinski definition) is 4. The van der Waals surface area contributed by atoms with Gasteiger partial charge in [-0.15, -0.1) is 0 Å². The largest absolute Gasteiger partial charge is 0.347 e. The first-order valence-electron chi connectivity index (χ1n) is 8.26. The molecule has 5 nitrogen and oxygen atoms in total. The molecule has 0 bridgehead atoms. The molecule has 2 aromatic carbocycles. The van der Waals surface area contributed by atoms with Crippen molar-refractivity contribution in [2.24, 2.45) is 0 Å². The second-order valence-corrected chi connectivity index (χ2v) is 5.57. The molecule has 0 fully saturated rings. The molecule has 126 valence electrons. The van der Waals surface area contributed by atoms with E-state index in [1.165, 1.54) is 5.56 Å². The maximum absolute atomic E-state index is 12.3. The van der Waals surface area contributed by atoms with E-state index >= 15 is 0 Å². The Morgan fingerprint density at radius 3 is 2.56 bits per heavy atom. The molecule has 0 aliphatic rings. The van der Waals surface area contributed by atoms with Gasteiger partial charge in [0.15, 0.2) is 0 Å². The molecule has 1 aromatic heterocycles. The first kappa shape index (κ1) is 16.6. The molecule has 0 atom stereocenters. The molecule has 0 radical (unpaired) electrons. The Labute approximate surface area is 147 Å². The van der Waals surface area contributed by atoms with E-state index in [2.05, 4.69) is 33.6 Å². The van der Waals surface area contributed by atoms with Gasteiger partial charge in [0, 0.05) is 18.4 Å². The van der Waals surface area contributed by atoms with Crippen LogP contribution in [0.3, 0.4) is 0 Å². The molecule has 0 aliphatic carbocycles. The lowest BCUT2D eigenvalue weighted by atomic mass is 10.1. The molecule has 1 heterocycles. The van der Waals surface area contributed by atoms with Gasteiger partial charge in [0.05, 0.1) is 0 Å². The number of benzene rings is 2. The summed E-state index contributed by atoms with van der Waals surface area (Å²) < 4.78 is 0. The van der Waals surface area contributed by atoms with Crippen LogP contribution in [0.2, 0.25) is 0 Å². The Bertz CT molecular complexity index is 849. The Morgan fingerprint density at radius 1 is 1.00 bits per heavy atom. The molecule has 0 spiro atoms. The summed E-state index contributed by atoms with van der Waals surface area (Å²) in [7, 11) is 0. The molecule has 0 unspecified atom stereocenters. The van der Waals surface area contributed by atoms with Crippen molar-refractivity contribution in [3.63, 3.8) is 0 Å². The van der Waals surface area contributed by atoms with Gasteiger partial charge in [-0.05, 0) is 29.7 Å². The second kappa shape index (κ2) is 8.06. The number of amides is 1. The number of hydrogen-bond donors (Lipinski definition) is 2. The van der Waals surface area contributed by atoms with Gasteiger partial charge in [-0.2, -0.15) is 0 Å². The van der Waals surface area contributed by atoms with Crippen LogP contribution in [0, 0.1) is 0 Å². The molecule has 2 N–H and O–H groups in total. The van der Waals surface area contributed by atoms with Gasteiger partial charge >= 0.3 is 0 Å². The van der Waals surface area contributed by atoms with E-state index in [4.69, 9.17) is 0 Å². The lowest BCUT2D eigenvalue weighted by molar-refractivity contribution is 0.0946. The topological polar surface area (TPSA) is 66.9 Å². The molecule has 0 saturated heterocycles. The summed E-state index contributed by atoms with van der Waals surface area (Å²) in [6, 6.07) is 19.4. The fraction of sp³-hybridized carbons (Fsp3) is 0.150. The molecule has 25 heavy (non-hydrogen) atoms. The second-order valence-electron chi connectivity index (χ2n) is 5.57. The highest BCUT2D eigenvalue weighted by Gasteiger charge is 2.09. The van der Waals surface area contributed by atoms with Crippen molar-refractivity contribution in [2.75, 3.05) is 5.32 Å². The van der Waals surface area contributed by atoms with E-state index < -0.39 is 0 Å². The predicted molar refractivity (Wildman–Crippen MR) is 98.7 cm³/mol. The number of nitrogens with one attached hydrogen (secondary N) is 2. The highest BCUT2D eigenvalue weighted by molar-refractivity contribution is 5.92. The first-order chi connectivity index (χ1) is 12.3. The van der Waals surface area contributed by atoms with Crippen molar-refractivity contribution in [3.8, 4) is 0 Å². The van der Waals surface area contributed by atoms with Gasteiger partial charge in [-0.25, -0.2) is 9.97 Å². The van der Waals surface area contributed by atoms with Crippen LogP contribution in [0.4, 0.5) is 11.6 Å². The van der Waals surface area contributed by atoms with Crippen molar-refractivity contribution >= 4 is 17.5 Å². The summed E-state index contributed by atoms with van der Waals surface area (Å²) in [4.78, 5) is 20.8. The van der Waals surface area contributed by atoms with E-state index in [0.717, 1.165) is 17.7 Å². The van der Waals surface area contributed by atoms with Crippen LogP contribution >= 0.6 is 0 Å². The van der Waals surface area contributed by atoms with E-state index in [9.17, 15) is 4.79 Å². The zero-order chi connectivity index (χ0) is 17.5. The standard InChI is InChI=1S/C20H20N4O/c1-2-16-10-6-7-11-17(16)23-20-21-13-12-18(24-20)19(25)22-14-15-8-4-3-5-9-15/h3-13H,2,14H2,1H3,(H,22,25)(H,21,23,24). The van der Waals surface area contributed by atoms with Crippen LogP contribution < -0.4 is 10.6 Å². The third-order valence-electron chi connectivity index (χ3n) is 3.83. The zero-order valence-corrected chi connectivity index (χ0v) is 14.1. The van der Waals surface area contributed by atoms with Crippen molar-refractivity contribution in [2.45, 2.75) is 19.9 Å². The van der Waals surface area contributed by atoms with Crippen LogP contribution in [0.15, 0.2) is 66.9 Å². The quantitative estimate of drug-likeness (QED) is 0.722. The average Bonchev–Trinajstić information content (AvgIpc) is 2.67. The number of rotatable bonds is 6. The van der Waals surface area contributed by atoms with Crippen molar-refractivity contribution < 1.29 is 4.79 Å². The maximum atomic E-state index is 12.3. The average molecular weight is 332 g/mol. The van der Waals surface area contributed by atoms with Crippen LogP contribution in [0.1, 0.15) is 28.5 Å². The molecule has 1 amide bonds. The fourth-order valence-electron chi connectivity index (χ4n) is 2.49. The molecule has 3 rings (SSSR count). The van der Waals surface area contributed by atoms with Gasteiger partial charge < -0.3 is 10.6 Å². The lowest BCUT2D eigenvalue weighted by Gasteiger charge is -2.10. The number of aryl methyl sites for hydroxylation is 1. The summed E-state index contributed by atoms with van der Waals surface area (Å²) in [5.41, 5.74) is 3.50. The van der Waals surface area contributed by atoms with Crippen molar-refractivity contribution in [3.05, 3.63) is 83.7 Å². The highest BCUT2D eigenvalue weighted by Crippen LogP contribution is 2.18. The van der Waals surface area contributed by atoms with Crippen molar-refractivity contribution in [1.82, 2.24) is 15.3 Å². The van der Waals surface area contributed by atoms with Gasteiger partial charge in [-0.3, -0.25) is 4.79 Å². The third-order valence-corrected chi connectivity index (χ3v) is 3.83. The van der Waals surface area contributed by atoms with Crippen LogP contribution in [-0.4, -0.2) is 15.9 Å². The highest BCUT2D eigenvalue weighted by atomic mass is 16.1. The third kappa shape index (κ3) is 4.41. The summed E-state index contributed by atoms with van der Waals surface area (Å²) >= 11 is 0. The molecule has 0 saturated carbocycles. The van der Waals surface area contributed by atoms with Gasteiger partial charge in [0.2, 0.25) is 5.95 Å². The van der Waals surface area contributed by atoms with E-state index in [0.29, 0.717) is 18.2 Å². The first-order valence-corrected chi connectivity index (χ1v) is 8.26. The van der Waals surface area contributed by atoms with Crippen molar-refractivity contribution in [1.29, 1.82) is 0 Å². The molecule has 0 aliphatic heterocycles. The Balaban J connectivity index is 1.69. The molecular weight excluding hydrogens is 312 g/mol. The number of anilines is 2. The number of carbonyl (C=O) groups is 1. The van der Waals surface area contributed by atoms with E-state index in [-0.39, 0.29) is 5.91 Å². The summed E-state index contributed by atoms with van der Waals surface area (Å²) in [6.45, 7) is 2.56. The van der Waals surface area contributed by atoms with Crippen LogP contribution in [-0.2, 0) is 13.0 Å². The normalized spacial score (nSPS) is 10.3. The summed E-state index contributed by atoms with van der Waals surface area (Å²) in [5.74, 6) is 0.186. The minimum atomic E-state index is -0.224. The summed E-state index contributed by atoms with van der Waals surface area (Å²) in [5, 5.41) is 6.06. The monoisotopic (exact) mass is 332 g/mol. The smallest absolute Gasteiger partial charge is 0.270 e. The lowest BCUT2D eigenvalue weighted by Crippen LogP contribution is -2.24. The van der Waals surface area contributed by atoms with E-state index in [1.54, 1.807) is 12.3 Å². The van der Waals surface area contributed by atoms with E-state index in [1.807, 2.05) is 48.5 Å². The minimum Gasteiger partial charge on any atom is -0.347 e.